The highest BCUT2D eigenvalue weighted by Gasteiger charge is 2.31. The van der Waals surface area contributed by atoms with Crippen LogP contribution in [0.1, 0.15) is 37.9 Å². The Balaban J connectivity index is 2.92. The zero-order valence-corrected chi connectivity index (χ0v) is 13.4. The summed E-state index contributed by atoms with van der Waals surface area (Å²) in [7, 11) is -1.05. The van der Waals surface area contributed by atoms with E-state index in [0.717, 1.165) is 12.1 Å². The van der Waals surface area contributed by atoms with E-state index < -0.39 is 22.5 Å². The van der Waals surface area contributed by atoms with Crippen LogP contribution in [0.25, 0.3) is 0 Å². The molecule has 0 spiro atoms. The van der Waals surface area contributed by atoms with Gasteiger partial charge in [0.15, 0.2) is 0 Å². The highest BCUT2D eigenvalue weighted by molar-refractivity contribution is 7.85. The second-order valence-electron chi connectivity index (χ2n) is 5.40. The molecule has 120 valence electrons. The maximum absolute atomic E-state index is 12.8. The summed E-state index contributed by atoms with van der Waals surface area (Å²) >= 11 is 0. The fourth-order valence-electron chi connectivity index (χ4n) is 2.08. The van der Waals surface area contributed by atoms with Gasteiger partial charge in [-0.3, -0.25) is 4.21 Å². The third kappa shape index (κ3) is 6.18. The van der Waals surface area contributed by atoms with E-state index in [1.807, 2.05) is 20.8 Å². The highest BCUT2D eigenvalue weighted by Crippen LogP contribution is 2.31. The van der Waals surface area contributed by atoms with Gasteiger partial charge in [0.2, 0.25) is 0 Å². The molecule has 0 aliphatic rings. The molecule has 6 heteroatoms. The second kappa shape index (κ2) is 7.94. The Morgan fingerprint density at radius 2 is 1.90 bits per heavy atom. The molecule has 1 aromatic rings. The van der Waals surface area contributed by atoms with Gasteiger partial charge in [0.25, 0.3) is 0 Å². The van der Waals surface area contributed by atoms with Gasteiger partial charge in [-0.25, -0.2) is 0 Å². The summed E-state index contributed by atoms with van der Waals surface area (Å²) in [5.74, 6) is 1.18. The molecule has 21 heavy (non-hydrogen) atoms. The first-order valence-corrected chi connectivity index (χ1v) is 8.48. The summed E-state index contributed by atoms with van der Waals surface area (Å²) in [5, 5.41) is 3.12. The molecule has 0 aliphatic carbocycles. The molecule has 0 aliphatic heterocycles. The quantitative estimate of drug-likeness (QED) is 0.828. The molecule has 0 fully saturated rings. The van der Waals surface area contributed by atoms with E-state index in [1.165, 1.54) is 6.07 Å². The van der Waals surface area contributed by atoms with Crippen LogP contribution < -0.4 is 5.32 Å². The average molecular weight is 321 g/mol. The molecule has 1 N–H and O–H groups in total. The Morgan fingerprint density at radius 1 is 1.24 bits per heavy atom. The van der Waals surface area contributed by atoms with Crippen LogP contribution in [-0.2, 0) is 17.0 Å². The van der Waals surface area contributed by atoms with Gasteiger partial charge >= 0.3 is 6.18 Å². The molecule has 1 rings (SSSR count). The summed E-state index contributed by atoms with van der Waals surface area (Å²) in [6, 6.07) is 4.91. The maximum atomic E-state index is 12.8. The van der Waals surface area contributed by atoms with Crippen molar-refractivity contribution < 1.29 is 17.4 Å². The van der Waals surface area contributed by atoms with Gasteiger partial charge in [-0.05, 0) is 30.2 Å². The molecule has 1 aromatic carbocycles. The fraction of sp³-hybridized carbons (Fsp3) is 0.600. The van der Waals surface area contributed by atoms with Gasteiger partial charge in [-0.2, -0.15) is 13.2 Å². The van der Waals surface area contributed by atoms with Gasteiger partial charge in [0.1, 0.15) is 0 Å². The topological polar surface area (TPSA) is 29.1 Å². The lowest BCUT2D eigenvalue weighted by molar-refractivity contribution is -0.137. The van der Waals surface area contributed by atoms with Gasteiger partial charge < -0.3 is 5.32 Å². The van der Waals surface area contributed by atoms with Crippen molar-refractivity contribution in [3.05, 3.63) is 35.4 Å². The van der Waals surface area contributed by atoms with E-state index in [-0.39, 0.29) is 6.04 Å². The Morgan fingerprint density at radius 3 is 2.43 bits per heavy atom. The Bertz CT molecular complexity index is 474. The SMILES string of the molecule is CCNC(CS(=O)CC(C)C)c1cccc(C(F)(F)F)c1. The summed E-state index contributed by atoms with van der Waals surface area (Å²) in [5.41, 5.74) is -0.138. The van der Waals surface area contributed by atoms with Crippen LogP contribution in [0, 0.1) is 5.92 Å². The number of rotatable bonds is 7. The van der Waals surface area contributed by atoms with Crippen LogP contribution >= 0.6 is 0 Å². The summed E-state index contributed by atoms with van der Waals surface area (Å²) < 4.78 is 50.4. The van der Waals surface area contributed by atoms with Crippen molar-refractivity contribution in [2.24, 2.45) is 5.92 Å². The van der Waals surface area contributed by atoms with Crippen molar-refractivity contribution in [1.82, 2.24) is 5.32 Å². The molecule has 0 amide bonds. The minimum absolute atomic E-state index is 0.301. The number of hydrogen-bond donors (Lipinski definition) is 1. The molecule has 2 unspecified atom stereocenters. The molecule has 2 nitrogen and oxygen atoms in total. The first kappa shape index (κ1) is 18.2. The molecule has 0 bridgehead atoms. The lowest BCUT2D eigenvalue weighted by Gasteiger charge is -2.20. The van der Waals surface area contributed by atoms with Crippen LogP contribution in [0.15, 0.2) is 24.3 Å². The summed E-state index contributed by atoms with van der Waals surface area (Å²) in [6.45, 7) is 6.45. The fourth-order valence-corrected chi connectivity index (χ4v) is 3.64. The highest BCUT2D eigenvalue weighted by atomic mass is 32.2. The Kier molecular flexibility index (Phi) is 6.87. The number of alkyl halides is 3. The van der Waals surface area contributed by atoms with Crippen LogP contribution in [0.2, 0.25) is 0 Å². The third-order valence-corrected chi connectivity index (χ3v) is 4.68. The molecule has 0 saturated heterocycles. The zero-order valence-electron chi connectivity index (χ0n) is 12.5. The summed E-state index contributed by atoms with van der Waals surface area (Å²) in [4.78, 5) is 0. The molecular weight excluding hydrogens is 299 g/mol. The van der Waals surface area contributed by atoms with Crippen molar-refractivity contribution in [3.8, 4) is 0 Å². The van der Waals surface area contributed by atoms with E-state index in [2.05, 4.69) is 5.32 Å². The van der Waals surface area contributed by atoms with E-state index >= 15 is 0 Å². The molecule has 0 aromatic heterocycles. The van der Waals surface area contributed by atoms with Crippen molar-refractivity contribution in [1.29, 1.82) is 0 Å². The van der Waals surface area contributed by atoms with Crippen LogP contribution in [0.5, 0.6) is 0 Å². The molecule has 2 atom stereocenters. The van der Waals surface area contributed by atoms with E-state index in [9.17, 15) is 17.4 Å². The largest absolute Gasteiger partial charge is 0.416 e. The lowest BCUT2D eigenvalue weighted by Crippen LogP contribution is -2.27. The van der Waals surface area contributed by atoms with Crippen LogP contribution in [-0.4, -0.2) is 22.3 Å². The zero-order chi connectivity index (χ0) is 16.0. The molecular formula is C15H22F3NOS. The second-order valence-corrected chi connectivity index (χ2v) is 6.95. The monoisotopic (exact) mass is 321 g/mol. The number of benzene rings is 1. The normalized spacial score (nSPS) is 15.2. The number of hydrogen-bond acceptors (Lipinski definition) is 2. The van der Waals surface area contributed by atoms with Gasteiger partial charge in [-0.15, -0.1) is 0 Å². The van der Waals surface area contributed by atoms with Crippen molar-refractivity contribution in [2.75, 3.05) is 18.1 Å². The van der Waals surface area contributed by atoms with E-state index in [1.54, 1.807) is 6.07 Å². The van der Waals surface area contributed by atoms with Gasteiger partial charge in [0.05, 0.1) is 5.56 Å². The van der Waals surface area contributed by atoms with Crippen LogP contribution in [0.3, 0.4) is 0 Å². The van der Waals surface area contributed by atoms with Crippen molar-refractivity contribution >= 4 is 10.8 Å². The third-order valence-electron chi connectivity index (χ3n) is 2.94. The van der Waals surface area contributed by atoms with Crippen LogP contribution in [0.4, 0.5) is 13.2 Å². The predicted molar refractivity (Wildman–Crippen MR) is 80.6 cm³/mol. The number of halogens is 3. The Labute approximate surface area is 126 Å². The van der Waals surface area contributed by atoms with E-state index in [4.69, 9.17) is 0 Å². The maximum Gasteiger partial charge on any atom is 0.416 e. The summed E-state index contributed by atoms with van der Waals surface area (Å²) in [6.07, 6.45) is -4.36. The predicted octanol–water partition coefficient (Wildman–Crippen LogP) is 3.76. The average Bonchev–Trinajstić information content (AvgIpc) is 2.36. The molecule has 0 saturated carbocycles. The van der Waals surface area contributed by atoms with Gasteiger partial charge in [-0.1, -0.05) is 32.9 Å². The Hall–Kier alpha value is -0.880. The first-order valence-electron chi connectivity index (χ1n) is 6.99. The lowest BCUT2D eigenvalue weighted by atomic mass is 10.0. The van der Waals surface area contributed by atoms with Crippen molar-refractivity contribution in [2.45, 2.75) is 33.0 Å². The molecule has 0 heterocycles. The van der Waals surface area contributed by atoms with Gasteiger partial charge in [0, 0.05) is 28.3 Å². The standard InChI is InChI=1S/C15H22F3NOS/c1-4-19-14(10-21(20)9-11(2)3)12-6-5-7-13(8-12)15(16,17)18/h5-8,11,14,19H,4,9-10H2,1-3H3. The minimum atomic E-state index is -4.36. The van der Waals surface area contributed by atoms with E-state index in [0.29, 0.717) is 29.5 Å². The van der Waals surface area contributed by atoms with Crippen molar-refractivity contribution in [3.63, 3.8) is 0 Å². The molecule has 0 radical (unpaired) electrons. The smallest absolute Gasteiger partial charge is 0.309 e. The number of nitrogens with one attached hydrogen (secondary N) is 1. The minimum Gasteiger partial charge on any atom is -0.309 e. The first-order chi connectivity index (χ1) is 9.74.